The van der Waals surface area contributed by atoms with Crippen LogP contribution in [0.15, 0.2) is 77.7 Å². The maximum atomic E-state index is 13.5. The van der Waals surface area contributed by atoms with Crippen LogP contribution in [-0.2, 0) is 19.6 Å². The molecule has 0 bridgehead atoms. The predicted octanol–water partition coefficient (Wildman–Crippen LogP) is 3.97. The van der Waals surface area contributed by atoms with Gasteiger partial charge in [-0.3, -0.25) is 13.9 Å². The zero-order chi connectivity index (χ0) is 27.8. The van der Waals surface area contributed by atoms with Gasteiger partial charge in [0.15, 0.2) is 0 Å². The van der Waals surface area contributed by atoms with Gasteiger partial charge in [0.1, 0.15) is 18.1 Å². The number of hydrogen-bond acceptors (Lipinski definition) is 6. The molecule has 4 rings (SSSR count). The molecule has 0 radical (unpaired) electrons. The monoisotopic (exact) mass is 555 g/mol. The van der Waals surface area contributed by atoms with Crippen LogP contribution in [0.2, 0.25) is 0 Å². The van der Waals surface area contributed by atoms with E-state index in [0.29, 0.717) is 25.5 Å². The van der Waals surface area contributed by atoms with E-state index in [-0.39, 0.29) is 33.8 Å². The van der Waals surface area contributed by atoms with Gasteiger partial charge in [-0.1, -0.05) is 12.1 Å². The van der Waals surface area contributed by atoms with Crippen LogP contribution < -0.4 is 19.7 Å². The Balaban J connectivity index is 1.56. The third kappa shape index (κ3) is 7.12. The summed E-state index contributed by atoms with van der Waals surface area (Å²) in [6.45, 7) is 2.67. The lowest BCUT2D eigenvalue weighted by Gasteiger charge is -2.24. The summed E-state index contributed by atoms with van der Waals surface area (Å²) in [6, 6.07) is 17.0. The van der Waals surface area contributed by atoms with E-state index in [4.69, 9.17) is 9.47 Å². The van der Waals surface area contributed by atoms with Crippen LogP contribution in [0.5, 0.6) is 5.75 Å². The van der Waals surface area contributed by atoms with Crippen LogP contribution in [0.25, 0.3) is 0 Å². The Hall–Kier alpha value is -3.96. The van der Waals surface area contributed by atoms with Crippen molar-refractivity contribution in [3.63, 3.8) is 0 Å². The Kier molecular flexibility index (Phi) is 9.15. The lowest BCUT2D eigenvalue weighted by Crippen LogP contribution is -2.38. The molecule has 206 valence electrons. The van der Waals surface area contributed by atoms with Crippen LogP contribution in [0.3, 0.4) is 0 Å². The number of rotatable bonds is 11. The summed E-state index contributed by atoms with van der Waals surface area (Å²) in [5.41, 5.74) is 0.677. The lowest BCUT2D eigenvalue weighted by molar-refractivity contribution is -0.114. The molecule has 0 saturated carbocycles. The number of carbonyl (C=O) groups is 2. The Labute approximate surface area is 227 Å². The van der Waals surface area contributed by atoms with E-state index in [1.54, 1.807) is 36.4 Å². The zero-order valence-electron chi connectivity index (χ0n) is 21.4. The van der Waals surface area contributed by atoms with E-state index in [9.17, 15) is 22.4 Å². The van der Waals surface area contributed by atoms with Gasteiger partial charge in [0, 0.05) is 13.2 Å². The summed E-state index contributed by atoms with van der Waals surface area (Å²) < 4.78 is 52.5. The third-order valence-corrected chi connectivity index (χ3v) is 7.87. The second kappa shape index (κ2) is 12.7. The van der Waals surface area contributed by atoms with E-state index < -0.39 is 28.3 Å². The molecule has 0 unspecified atom stereocenters. The number of sulfonamides is 1. The smallest absolute Gasteiger partial charge is 0.264 e. The van der Waals surface area contributed by atoms with Crippen LogP contribution in [0, 0.1) is 5.82 Å². The molecule has 1 atom stereocenters. The minimum Gasteiger partial charge on any atom is -0.494 e. The van der Waals surface area contributed by atoms with E-state index in [1.165, 1.54) is 12.1 Å². The summed E-state index contributed by atoms with van der Waals surface area (Å²) in [4.78, 5) is 25.8. The molecule has 1 heterocycles. The lowest BCUT2D eigenvalue weighted by atomic mass is 10.1. The number of hydrogen-bond donors (Lipinski definition) is 2. The van der Waals surface area contributed by atoms with Crippen LogP contribution in [-0.4, -0.2) is 52.6 Å². The molecule has 2 N–H and O–H groups in total. The number of ether oxygens (including phenoxy) is 2. The summed E-state index contributed by atoms with van der Waals surface area (Å²) in [5, 5.41) is 5.49. The molecule has 3 aromatic rings. The molecule has 3 aromatic carbocycles. The van der Waals surface area contributed by atoms with Gasteiger partial charge in [-0.2, -0.15) is 0 Å². The first kappa shape index (κ1) is 28.1. The molecule has 9 nitrogen and oxygen atoms in total. The minimum atomic E-state index is -4.26. The Bertz CT molecular complexity index is 1390. The number of halogens is 1. The van der Waals surface area contributed by atoms with Crippen molar-refractivity contribution in [2.24, 2.45) is 0 Å². The first-order valence-corrected chi connectivity index (χ1v) is 14.0. The number of nitrogens with one attached hydrogen (secondary N) is 2. The molecule has 2 amide bonds. The highest BCUT2D eigenvalue weighted by atomic mass is 32.2. The van der Waals surface area contributed by atoms with E-state index in [0.717, 1.165) is 41.4 Å². The maximum Gasteiger partial charge on any atom is 0.264 e. The summed E-state index contributed by atoms with van der Waals surface area (Å²) in [6.07, 6.45) is 1.76. The number of nitrogens with zero attached hydrogens (tertiary/aromatic N) is 1. The normalized spacial score (nSPS) is 15.0. The van der Waals surface area contributed by atoms with Crippen LogP contribution in [0.4, 0.5) is 15.8 Å². The largest absolute Gasteiger partial charge is 0.494 e. The second-order valence-electron chi connectivity index (χ2n) is 8.83. The van der Waals surface area contributed by atoms with Crippen molar-refractivity contribution in [2.75, 3.05) is 35.9 Å². The Morgan fingerprint density at radius 2 is 1.77 bits per heavy atom. The van der Waals surface area contributed by atoms with E-state index in [1.807, 2.05) is 6.92 Å². The van der Waals surface area contributed by atoms with E-state index in [2.05, 4.69) is 10.6 Å². The van der Waals surface area contributed by atoms with Gasteiger partial charge < -0.3 is 20.1 Å². The average Bonchev–Trinajstić information content (AvgIpc) is 3.45. The third-order valence-electron chi connectivity index (χ3n) is 6.08. The summed E-state index contributed by atoms with van der Waals surface area (Å²) >= 11 is 0. The quantitative estimate of drug-likeness (QED) is 0.370. The highest BCUT2D eigenvalue weighted by Crippen LogP contribution is 2.26. The fourth-order valence-electron chi connectivity index (χ4n) is 4.14. The molecule has 39 heavy (non-hydrogen) atoms. The van der Waals surface area contributed by atoms with Crippen molar-refractivity contribution >= 4 is 33.2 Å². The highest BCUT2D eigenvalue weighted by Gasteiger charge is 2.28. The number of carbonyl (C=O) groups excluding carboxylic acids is 2. The number of benzene rings is 3. The molecular formula is C28H30FN3O6S. The predicted molar refractivity (Wildman–Crippen MR) is 145 cm³/mol. The molecule has 0 aliphatic carbocycles. The Morgan fingerprint density at radius 3 is 2.44 bits per heavy atom. The Morgan fingerprint density at radius 1 is 1.05 bits per heavy atom. The van der Waals surface area contributed by atoms with Crippen molar-refractivity contribution in [3.8, 4) is 5.75 Å². The number of para-hydroxylation sites is 1. The van der Waals surface area contributed by atoms with Gasteiger partial charge in [-0.25, -0.2) is 12.8 Å². The van der Waals surface area contributed by atoms with Gasteiger partial charge in [0.2, 0.25) is 5.91 Å². The van der Waals surface area contributed by atoms with Gasteiger partial charge in [0.25, 0.3) is 15.9 Å². The molecule has 0 spiro atoms. The minimum absolute atomic E-state index is 0.0463. The molecule has 1 fully saturated rings. The van der Waals surface area contributed by atoms with Gasteiger partial charge in [0.05, 0.1) is 34.5 Å². The maximum absolute atomic E-state index is 13.5. The SMILES string of the molecule is CCOc1ccc(N(CC(=O)Nc2ccccc2C(=O)NC[C@@H]2CCCO2)S(=O)(=O)c2ccc(F)cc2)cc1. The van der Waals surface area contributed by atoms with Gasteiger partial charge in [-0.15, -0.1) is 0 Å². The van der Waals surface area contributed by atoms with Crippen molar-refractivity contribution in [1.82, 2.24) is 5.32 Å². The molecule has 11 heteroatoms. The summed E-state index contributed by atoms with van der Waals surface area (Å²) in [5.74, 6) is -1.11. The van der Waals surface area contributed by atoms with Crippen molar-refractivity contribution < 1.29 is 31.9 Å². The highest BCUT2D eigenvalue weighted by molar-refractivity contribution is 7.92. The zero-order valence-corrected chi connectivity index (χ0v) is 22.2. The standard InChI is InChI=1S/C28H30FN3O6S/c1-2-37-22-13-11-21(12-14-22)32(39(35,36)24-15-9-20(29)10-16-24)19-27(33)31-26-8-4-3-7-25(26)28(34)30-18-23-6-5-17-38-23/h3-4,7-16,23H,2,5-6,17-19H2,1H3,(H,30,34)(H,31,33)/t23-/m0/s1. The van der Waals surface area contributed by atoms with Gasteiger partial charge in [-0.05, 0) is 80.4 Å². The molecule has 0 aromatic heterocycles. The molecule has 1 aliphatic rings. The van der Waals surface area contributed by atoms with Crippen molar-refractivity contribution in [1.29, 1.82) is 0 Å². The first-order chi connectivity index (χ1) is 18.8. The topological polar surface area (TPSA) is 114 Å². The molecular weight excluding hydrogens is 525 g/mol. The fourth-order valence-corrected chi connectivity index (χ4v) is 5.56. The van der Waals surface area contributed by atoms with Gasteiger partial charge >= 0.3 is 0 Å². The number of anilines is 2. The van der Waals surface area contributed by atoms with Crippen molar-refractivity contribution in [3.05, 3.63) is 84.2 Å². The summed E-state index contributed by atoms with van der Waals surface area (Å²) in [7, 11) is -4.26. The van der Waals surface area contributed by atoms with E-state index >= 15 is 0 Å². The fraction of sp³-hybridized carbons (Fsp3) is 0.286. The average molecular weight is 556 g/mol. The molecule has 1 saturated heterocycles. The van der Waals surface area contributed by atoms with Crippen molar-refractivity contribution in [2.45, 2.75) is 30.8 Å². The molecule has 1 aliphatic heterocycles. The second-order valence-corrected chi connectivity index (χ2v) is 10.7. The first-order valence-electron chi connectivity index (χ1n) is 12.6. The van der Waals surface area contributed by atoms with Crippen LogP contribution >= 0.6 is 0 Å². The van der Waals surface area contributed by atoms with Crippen LogP contribution in [0.1, 0.15) is 30.1 Å². The number of amides is 2.